The Morgan fingerprint density at radius 3 is 2.68 bits per heavy atom. The molecule has 1 aromatic carbocycles. The Bertz CT molecular complexity index is 635. The Labute approximate surface area is 115 Å². The summed E-state index contributed by atoms with van der Waals surface area (Å²) in [7, 11) is 0. The van der Waals surface area contributed by atoms with Crippen LogP contribution in [0.2, 0.25) is 0 Å². The molecule has 0 unspecified atom stereocenters. The molecule has 0 aliphatic heterocycles. The van der Waals surface area contributed by atoms with Crippen LogP contribution in [-0.4, -0.2) is 4.98 Å². The highest BCUT2D eigenvalue weighted by molar-refractivity contribution is 7.13. The van der Waals surface area contributed by atoms with Gasteiger partial charge in [0.25, 0.3) is 0 Å². The quantitative estimate of drug-likeness (QED) is 0.893. The molecule has 3 nitrogen and oxygen atoms in total. The van der Waals surface area contributed by atoms with E-state index in [2.05, 4.69) is 31.1 Å². The van der Waals surface area contributed by atoms with E-state index in [0.717, 1.165) is 5.69 Å². The van der Waals surface area contributed by atoms with E-state index in [1.807, 2.05) is 11.4 Å². The average Bonchev–Trinajstić information content (AvgIpc) is 2.77. The van der Waals surface area contributed by atoms with Crippen LogP contribution in [0.5, 0.6) is 0 Å². The number of nitrogens with zero attached hydrogens (tertiary/aromatic N) is 2. The Morgan fingerprint density at radius 2 is 2.11 bits per heavy atom. The number of anilines is 2. The zero-order valence-electron chi connectivity index (χ0n) is 11.0. The largest absolute Gasteiger partial charge is 0.330 e. The Hall–Kier alpha value is -1.93. The molecule has 1 N–H and O–H groups in total. The van der Waals surface area contributed by atoms with E-state index >= 15 is 0 Å². The molecule has 2 aromatic rings. The van der Waals surface area contributed by atoms with E-state index in [1.54, 1.807) is 12.1 Å². The molecule has 19 heavy (non-hydrogen) atoms. The molecule has 98 valence electrons. The van der Waals surface area contributed by atoms with Crippen LogP contribution < -0.4 is 5.32 Å². The van der Waals surface area contributed by atoms with Crippen molar-refractivity contribution in [3.8, 4) is 6.07 Å². The number of halogens is 1. The highest BCUT2D eigenvalue weighted by Crippen LogP contribution is 2.29. The summed E-state index contributed by atoms with van der Waals surface area (Å²) in [6, 6.07) is 6.36. The molecule has 5 heteroatoms. The predicted molar refractivity (Wildman–Crippen MR) is 75.2 cm³/mol. The molecule has 1 heterocycles. The summed E-state index contributed by atoms with van der Waals surface area (Å²) in [4.78, 5) is 4.46. The first-order valence-corrected chi connectivity index (χ1v) is 6.71. The Morgan fingerprint density at radius 1 is 1.37 bits per heavy atom. The Balaban J connectivity index is 2.30. The lowest BCUT2D eigenvalue weighted by atomic mass is 9.93. The van der Waals surface area contributed by atoms with Crippen molar-refractivity contribution in [1.29, 1.82) is 5.26 Å². The first kappa shape index (κ1) is 13.5. The molecule has 0 saturated heterocycles. The maximum Gasteiger partial charge on any atom is 0.187 e. The van der Waals surface area contributed by atoms with Gasteiger partial charge in [0.1, 0.15) is 17.4 Å². The number of thiazole rings is 1. The van der Waals surface area contributed by atoms with Crippen molar-refractivity contribution in [3.05, 3.63) is 40.7 Å². The van der Waals surface area contributed by atoms with Gasteiger partial charge in [-0.1, -0.05) is 26.8 Å². The monoisotopic (exact) mass is 275 g/mol. The summed E-state index contributed by atoms with van der Waals surface area (Å²) in [5.74, 6) is -0.528. The van der Waals surface area contributed by atoms with Gasteiger partial charge in [0.2, 0.25) is 0 Å². The SMILES string of the molecule is CC(C)(C)c1csc(Nc2cccc(F)c2C#N)n1. The third kappa shape index (κ3) is 2.91. The summed E-state index contributed by atoms with van der Waals surface area (Å²) in [5.41, 5.74) is 1.39. The molecular weight excluding hydrogens is 261 g/mol. The van der Waals surface area contributed by atoms with Crippen LogP contribution in [0.1, 0.15) is 32.0 Å². The van der Waals surface area contributed by atoms with Gasteiger partial charge in [-0.2, -0.15) is 5.26 Å². The lowest BCUT2D eigenvalue weighted by molar-refractivity contribution is 0.573. The van der Waals surface area contributed by atoms with Crippen molar-refractivity contribution in [2.75, 3.05) is 5.32 Å². The first-order valence-electron chi connectivity index (χ1n) is 5.83. The maximum atomic E-state index is 13.5. The fourth-order valence-electron chi connectivity index (χ4n) is 1.53. The van der Waals surface area contributed by atoms with E-state index in [4.69, 9.17) is 5.26 Å². The van der Waals surface area contributed by atoms with Crippen molar-refractivity contribution in [2.45, 2.75) is 26.2 Å². The molecule has 0 fully saturated rings. The standard InChI is InChI=1S/C14H14FN3S/c1-14(2,3)12-8-19-13(18-12)17-11-6-4-5-10(15)9(11)7-16/h4-6,8H,1-3H3,(H,17,18). The van der Waals surface area contributed by atoms with Crippen molar-refractivity contribution in [2.24, 2.45) is 0 Å². The molecular formula is C14H14FN3S. The summed E-state index contributed by atoms with van der Waals surface area (Å²) in [5, 5.41) is 14.6. The van der Waals surface area contributed by atoms with Gasteiger partial charge in [-0.05, 0) is 12.1 Å². The fraction of sp³-hybridized carbons (Fsp3) is 0.286. The first-order chi connectivity index (χ1) is 8.91. The van der Waals surface area contributed by atoms with Crippen molar-refractivity contribution in [1.82, 2.24) is 4.98 Å². The normalized spacial score (nSPS) is 11.1. The molecule has 0 radical (unpaired) electrons. The summed E-state index contributed by atoms with van der Waals surface area (Å²) < 4.78 is 13.5. The fourth-order valence-corrected chi connectivity index (χ4v) is 2.48. The van der Waals surface area contributed by atoms with Gasteiger partial charge in [0.05, 0.1) is 11.4 Å². The summed E-state index contributed by atoms with van der Waals surface area (Å²) in [6.45, 7) is 6.23. The Kier molecular flexibility index (Phi) is 3.54. The highest BCUT2D eigenvalue weighted by atomic mass is 32.1. The van der Waals surface area contributed by atoms with Crippen LogP contribution in [-0.2, 0) is 5.41 Å². The molecule has 2 rings (SSSR count). The van der Waals surface area contributed by atoms with Crippen LogP contribution in [0.25, 0.3) is 0 Å². The van der Waals surface area contributed by atoms with Gasteiger partial charge in [-0.3, -0.25) is 0 Å². The third-order valence-electron chi connectivity index (χ3n) is 2.64. The van der Waals surface area contributed by atoms with Crippen molar-refractivity contribution < 1.29 is 4.39 Å². The van der Waals surface area contributed by atoms with Crippen molar-refractivity contribution in [3.63, 3.8) is 0 Å². The second-order valence-electron chi connectivity index (χ2n) is 5.19. The molecule has 1 aromatic heterocycles. The lowest BCUT2D eigenvalue weighted by Crippen LogP contribution is -2.11. The van der Waals surface area contributed by atoms with Gasteiger partial charge in [0.15, 0.2) is 5.13 Å². The zero-order chi connectivity index (χ0) is 14.0. The third-order valence-corrected chi connectivity index (χ3v) is 3.40. The van der Waals surface area contributed by atoms with Gasteiger partial charge in [-0.15, -0.1) is 11.3 Å². The molecule has 0 bridgehead atoms. The topological polar surface area (TPSA) is 48.7 Å². The second kappa shape index (κ2) is 4.98. The van der Waals surface area contributed by atoms with E-state index in [-0.39, 0.29) is 11.0 Å². The molecule has 0 spiro atoms. The molecule has 0 atom stereocenters. The lowest BCUT2D eigenvalue weighted by Gasteiger charge is -2.14. The van der Waals surface area contributed by atoms with Crippen LogP contribution >= 0.6 is 11.3 Å². The van der Waals surface area contributed by atoms with E-state index < -0.39 is 5.82 Å². The van der Waals surface area contributed by atoms with Crippen LogP contribution in [0.4, 0.5) is 15.2 Å². The smallest absolute Gasteiger partial charge is 0.187 e. The molecule has 0 amide bonds. The summed E-state index contributed by atoms with van der Waals surface area (Å²) >= 11 is 1.44. The molecule has 0 aliphatic carbocycles. The number of nitrogens with one attached hydrogen (secondary N) is 1. The number of rotatable bonds is 2. The van der Waals surface area contributed by atoms with Gasteiger partial charge < -0.3 is 5.32 Å². The number of hydrogen-bond acceptors (Lipinski definition) is 4. The highest BCUT2D eigenvalue weighted by Gasteiger charge is 2.18. The van der Waals surface area contributed by atoms with Crippen LogP contribution in [0.3, 0.4) is 0 Å². The van der Waals surface area contributed by atoms with Gasteiger partial charge in [0, 0.05) is 10.8 Å². The minimum Gasteiger partial charge on any atom is -0.330 e. The number of hydrogen-bond donors (Lipinski definition) is 1. The molecule has 0 saturated carbocycles. The van der Waals surface area contributed by atoms with Gasteiger partial charge >= 0.3 is 0 Å². The average molecular weight is 275 g/mol. The minimum atomic E-state index is -0.528. The van der Waals surface area contributed by atoms with E-state index in [1.165, 1.54) is 17.4 Å². The zero-order valence-corrected chi connectivity index (χ0v) is 11.8. The van der Waals surface area contributed by atoms with E-state index in [0.29, 0.717) is 10.8 Å². The van der Waals surface area contributed by atoms with Crippen molar-refractivity contribution >= 4 is 22.2 Å². The predicted octanol–water partition coefficient (Wildman–Crippen LogP) is 4.19. The number of nitriles is 1. The van der Waals surface area contributed by atoms with Gasteiger partial charge in [-0.25, -0.2) is 9.37 Å². The number of aromatic nitrogens is 1. The van der Waals surface area contributed by atoms with Crippen LogP contribution in [0.15, 0.2) is 23.6 Å². The summed E-state index contributed by atoms with van der Waals surface area (Å²) in [6.07, 6.45) is 0. The second-order valence-corrected chi connectivity index (χ2v) is 6.05. The maximum absolute atomic E-state index is 13.5. The van der Waals surface area contributed by atoms with Crippen LogP contribution in [0, 0.1) is 17.1 Å². The number of benzene rings is 1. The molecule has 0 aliphatic rings. The minimum absolute atomic E-state index is 0.00927. The van der Waals surface area contributed by atoms with E-state index in [9.17, 15) is 4.39 Å².